The third-order valence-corrected chi connectivity index (χ3v) is 4.81. The molecule has 6 heteroatoms. The Bertz CT molecular complexity index is 846. The van der Waals surface area contributed by atoms with Gasteiger partial charge in [0.05, 0.1) is 18.4 Å². The topological polar surface area (TPSA) is 53.4 Å². The van der Waals surface area contributed by atoms with Crippen molar-refractivity contribution in [1.82, 2.24) is 9.55 Å². The van der Waals surface area contributed by atoms with Gasteiger partial charge in [0.25, 0.3) is 0 Å². The predicted molar refractivity (Wildman–Crippen MR) is 112 cm³/mol. The van der Waals surface area contributed by atoms with Crippen molar-refractivity contribution >= 4 is 28.6 Å². The molecule has 0 saturated heterocycles. The lowest BCUT2D eigenvalue weighted by molar-refractivity contribution is 0.0125. The number of rotatable bonds is 8. The maximum absolute atomic E-state index is 12.5. The smallest absolute Gasteiger partial charge is 0.338 e. The van der Waals surface area contributed by atoms with Crippen molar-refractivity contribution in [3.63, 3.8) is 0 Å². The van der Waals surface area contributed by atoms with Crippen LogP contribution in [0.15, 0.2) is 67.3 Å². The van der Waals surface area contributed by atoms with E-state index in [-0.39, 0.29) is 12.6 Å². The van der Waals surface area contributed by atoms with Crippen LogP contribution >= 0.6 is 22.6 Å². The molecule has 140 valence electrons. The van der Waals surface area contributed by atoms with Crippen molar-refractivity contribution in [2.75, 3.05) is 6.61 Å². The maximum Gasteiger partial charge on any atom is 0.338 e. The van der Waals surface area contributed by atoms with Crippen LogP contribution in [0.5, 0.6) is 5.75 Å². The second-order valence-corrected chi connectivity index (χ2v) is 7.35. The summed E-state index contributed by atoms with van der Waals surface area (Å²) in [4.78, 5) is 16.6. The highest BCUT2D eigenvalue weighted by Crippen LogP contribution is 2.15. The van der Waals surface area contributed by atoms with E-state index in [2.05, 4.69) is 34.5 Å². The first-order valence-corrected chi connectivity index (χ1v) is 9.86. The number of benzene rings is 2. The second kappa shape index (κ2) is 9.55. The van der Waals surface area contributed by atoms with E-state index in [9.17, 15) is 4.79 Å². The molecule has 0 aliphatic heterocycles. The van der Waals surface area contributed by atoms with Crippen molar-refractivity contribution in [2.24, 2.45) is 0 Å². The van der Waals surface area contributed by atoms with E-state index in [1.54, 1.807) is 24.7 Å². The summed E-state index contributed by atoms with van der Waals surface area (Å²) in [7, 11) is 0. The molecule has 0 spiro atoms. The van der Waals surface area contributed by atoms with Crippen LogP contribution in [-0.4, -0.2) is 28.2 Å². The molecule has 0 N–H and O–H groups in total. The highest BCUT2D eigenvalue weighted by atomic mass is 127. The van der Waals surface area contributed by atoms with Gasteiger partial charge in [-0.25, -0.2) is 9.78 Å². The molecule has 0 amide bonds. The van der Waals surface area contributed by atoms with E-state index in [0.29, 0.717) is 12.1 Å². The summed E-state index contributed by atoms with van der Waals surface area (Å²) in [5.41, 5.74) is 1.72. The van der Waals surface area contributed by atoms with E-state index >= 15 is 0 Å². The molecule has 0 unspecified atom stereocenters. The predicted octanol–water partition coefficient (Wildman–Crippen LogP) is 4.35. The third-order valence-electron chi connectivity index (χ3n) is 4.09. The van der Waals surface area contributed by atoms with Crippen molar-refractivity contribution in [1.29, 1.82) is 0 Å². The SMILES string of the molecule is CCc1ccc(C(=O)O[C@@H](COc2ccc(I)cc2)Cn2ccnc2)cc1. The van der Waals surface area contributed by atoms with E-state index < -0.39 is 6.10 Å². The van der Waals surface area contributed by atoms with Crippen molar-refractivity contribution < 1.29 is 14.3 Å². The molecule has 0 aliphatic carbocycles. The summed E-state index contributed by atoms with van der Waals surface area (Å²) in [6.07, 6.45) is 5.73. The molecule has 2 aromatic carbocycles. The van der Waals surface area contributed by atoms with Crippen LogP contribution in [0.25, 0.3) is 0 Å². The molecule has 1 heterocycles. The van der Waals surface area contributed by atoms with Gasteiger partial charge < -0.3 is 14.0 Å². The number of ether oxygens (including phenoxy) is 2. The molecular weight excluding hydrogens is 455 g/mol. The van der Waals surface area contributed by atoms with Crippen LogP contribution in [0.1, 0.15) is 22.8 Å². The summed E-state index contributed by atoms with van der Waals surface area (Å²) in [6, 6.07) is 15.3. The Balaban J connectivity index is 1.66. The van der Waals surface area contributed by atoms with Crippen LogP contribution in [0, 0.1) is 3.57 Å². The van der Waals surface area contributed by atoms with Gasteiger partial charge in [0.2, 0.25) is 0 Å². The minimum atomic E-state index is -0.433. The zero-order valence-electron chi connectivity index (χ0n) is 15.0. The second-order valence-electron chi connectivity index (χ2n) is 6.10. The number of esters is 1. The van der Waals surface area contributed by atoms with Crippen molar-refractivity contribution in [3.05, 3.63) is 81.9 Å². The molecule has 1 atom stereocenters. The number of nitrogens with zero attached hydrogens (tertiary/aromatic N) is 2. The highest BCUT2D eigenvalue weighted by molar-refractivity contribution is 14.1. The summed E-state index contributed by atoms with van der Waals surface area (Å²) in [5.74, 6) is 0.392. The minimum Gasteiger partial charge on any atom is -0.490 e. The average Bonchev–Trinajstić information content (AvgIpc) is 3.20. The van der Waals surface area contributed by atoms with E-state index in [1.807, 2.05) is 47.2 Å². The van der Waals surface area contributed by atoms with Gasteiger partial charge in [0.15, 0.2) is 6.10 Å². The normalized spacial score (nSPS) is 11.8. The fourth-order valence-electron chi connectivity index (χ4n) is 2.57. The Labute approximate surface area is 172 Å². The molecule has 5 nitrogen and oxygen atoms in total. The maximum atomic E-state index is 12.5. The molecule has 3 rings (SSSR count). The van der Waals surface area contributed by atoms with E-state index in [1.165, 1.54) is 5.56 Å². The van der Waals surface area contributed by atoms with Crippen LogP contribution < -0.4 is 4.74 Å². The molecule has 1 aromatic heterocycles. The third kappa shape index (κ3) is 5.82. The number of carbonyl (C=O) groups is 1. The lowest BCUT2D eigenvalue weighted by Crippen LogP contribution is -2.29. The van der Waals surface area contributed by atoms with Gasteiger partial charge in [-0.05, 0) is 71.0 Å². The van der Waals surface area contributed by atoms with Crippen LogP contribution in [0.2, 0.25) is 0 Å². The Morgan fingerprint density at radius 2 is 1.89 bits per heavy atom. The van der Waals surface area contributed by atoms with Gasteiger partial charge in [0.1, 0.15) is 12.4 Å². The first kappa shape index (κ1) is 19.4. The zero-order valence-corrected chi connectivity index (χ0v) is 17.2. The number of imidazole rings is 1. The molecule has 27 heavy (non-hydrogen) atoms. The number of halogens is 1. The quantitative estimate of drug-likeness (QED) is 0.358. The minimum absolute atomic E-state index is 0.261. The van der Waals surface area contributed by atoms with E-state index in [4.69, 9.17) is 9.47 Å². The number of hydrogen-bond acceptors (Lipinski definition) is 4. The lowest BCUT2D eigenvalue weighted by Gasteiger charge is -2.19. The Morgan fingerprint density at radius 3 is 2.52 bits per heavy atom. The first-order valence-electron chi connectivity index (χ1n) is 8.78. The molecule has 0 radical (unpaired) electrons. The summed E-state index contributed by atoms with van der Waals surface area (Å²) in [6.45, 7) is 2.82. The van der Waals surface area contributed by atoms with Gasteiger partial charge in [-0.3, -0.25) is 0 Å². The number of hydrogen-bond donors (Lipinski definition) is 0. The zero-order chi connectivity index (χ0) is 19.1. The van der Waals surface area contributed by atoms with Gasteiger partial charge >= 0.3 is 5.97 Å². The largest absolute Gasteiger partial charge is 0.490 e. The van der Waals surface area contributed by atoms with Gasteiger partial charge in [0, 0.05) is 16.0 Å². The van der Waals surface area contributed by atoms with Crippen molar-refractivity contribution in [3.8, 4) is 5.75 Å². The first-order chi connectivity index (χ1) is 13.1. The molecule has 0 saturated carbocycles. The molecular formula is C21H21IN2O3. The highest BCUT2D eigenvalue weighted by Gasteiger charge is 2.18. The Morgan fingerprint density at radius 1 is 1.15 bits per heavy atom. The van der Waals surface area contributed by atoms with Gasteiger partial charge in [-0.2, -0.15) is 0 Å². The number of aryl methyl sites for hydroxylation is 1. The van der Waals surface area contributed by atoms with Crippen LogP contribution in [0.3, 0.4) is 0 Å². The van der Waals surface area contributed by atoms with Crippen LogP contribution in [-0.2, 0) is 17.7 Å². The van der Waals surface area contributed by atoms with Crippen molar-refractivity contribution in [2.45, 2.75) is 26.0 Å². The molecule has 3 aromatic rings. The summed E-state index contributed by atoms with van der Waals surface area (Å²) in [5, 5.41) is 0. The monoisotopic (exact) mass is 476 g/mol. The standard InChI is InChI=1S/C21H21IN2O3/c1-2-16-3-5-17(6-4-16)21(25)27-20(13-24-12-11-23-15-24)14-26-19-9-7-18(22)8-10-19/h3-12,15,20H,2,13-14H2,1H3/t20-/m1/s1. The number of carbonyl (C=O) groups excluding carboxylic acids is 1. The van der Waals surface area contributed by atoms with Gasteiger partial charge in [-0.15, -0.1) is 0 Å². The fraction of sp³-hybridized carbons (Fsp3) is 0.238. The van der Waals surface area contributed by atoms with Gasteiger partial charge in [-0.1, -0.05) is 19.1 Å². The van der Waals surface area contributed by atoms with E-state index in [0.717, 1.165) is 15.7 Å². The Hall–Kier alpha value is -2.35. The fourth-order valence-corrected chi connectivity index (χ4v) is 2.93. The number of aromatic nitrogens is 2. The molecule has 0 aliphatic rings. The Kier molecular flexibility index (Phi) is 6.86. The molecule has 0 bridgehead atoms. The average molecular weight is 476 g/mol. The van der Waals surface area contributed by atoms with Crippen LogP contribution in [0.4, 0.5) is 0 Å². The molecule has 0 fully saturated rings. The summed E-state index contributed by atoms with van der Waals surface area (Å²) < 4.78 is 14.6. The summed E-state index contributed by atoms with van der Waals surface area (Å²) >= 11 is 2.24. The lowest BCUT2D eigenvalue weighted by atomic mass is 10.1.